The maximum atomic E-state index is 11.3. The largest absolute Gasteiger partial charge is 0.463 e. The molecule has 0 aliphatic carbocycles. The first-order valence-electron chi connectivity index (χ1n) is 7.40. The lowest BCUT2D eigenvalue weighted by Crippen LogP contribution is -2.01. The number of rotatable bonds is 8. The fourth-order valence-electron chi connectivity index (χ4n) is 1.97. The lowest BCUT2D eigenvalue weighted by atomic mass is 9.93. The average molecular weight is 266 g/mol. The van der Waals surface area contributed by atoms with Crippen molar-refractivity contribution in [3.63, 3.8) is 0 Å². The summed E-state index contributed by atoms with van der Waals surface area (Å²) in [6.07, 6.45) is 7.43. The van der Waals surface area contributed by atoms with E-state index in [1.54, 1.807) is 6.08 Å². The second-order valence-electron chi connectivity index (χ2n) is 5.75. The van der Waals surface area contributed by atoms with Crippen molar-refractivity contribution in [3.8, 4) is 0 Å². The van der Waals surface area contributed by atoms with Crippen molar-refractivity contribution in [2.75, 3.05) is 6.61 Å². The molecule has 2 heteroatoms. The highest BCUT2D eigenvalue weighted by Gasteiger charge is 2.05. The van der Waals surface area contributed by atoms with Crippen molar-refractivity contribution in [2.45, 2.75) is 60.8 Å². The van der Waals surface area contributed by atoms with Crippen LogP contribution in [0.3, 0.4) is 0 Å². The summed E-state index contributed by atoms with van der Waals surface area (Å²) in [5.74, 6) is 1.10. The van der Waals surface area contributed by atoms with Crippen LogP contribution in [0.2, 0.25) is 0 Å². The minimum atomic E-state index is -0.253. The summed E-state index contributed by atoms with van der Waals surface area (Å²) < 4.78 is 4.90. The summed E-state index contributed by atoms with van der Waals surface area (Å²) >= 11 is 0. The Bertz CT molecular complexity index is 324. The van der Waals surface area contributed by atoms with E-state index >= 15 is 0 Å². The van der Waals surface area contributed by atoms with E-state index < -0.39 is 0 Å². The molecule has 0 rings (SSSR count). The molecule has 0 aliphatic rings. The molecule has 2 nitrogen and oxygen atoms in total. The summed E-state index contributed by atoms with van der Waals surface area (Å²) in [5.41, 5.74) is 2.30. The van der Waals surface area contributed by atoms with Crippen LogP contribution in [0, 0.1) is 11.8 Å². The zero-order valence-corrected chi connectivity index (χ0v) is 13.5. The Kier molecular flexibility index (Phi) is 9.28. The summed E-state index contributed by atoms with van der Waals surface area (Å²) in [6.45, 7) is 13.1. The zero-order valence-electron chi connectivity index (χ0n) is 13.5. The van der Waals surface area contributed by atoms with Crippen molar-refractivity contribution >= 4 is 5.97 Å². The minimum absolute atomic E-state index is 0.253. The Morgan fingerprint density at radius 1 is 1.11 bits per heavy atom. The number of hydrogen-bond acceptors (Lipinski definition) is 2. The van der Waals surface area contributed by atoms with E-state index in [1.165, 1.54) is 24.8 Å². The van der Waals surface area contributed by atoms with Crippen LogP contribution in [0.5, 0.6) is 0 Å². The lowest BCUT2D eigenvalue weighted by molar-refractivity contribution is -0.137. The van der Waals surface area contributed by atoms with E-state index in [1.807, 2.05) is 13.8 Å². The van der Waals surface area contributed by atoms with E-state index in [2.05, 4.69) is 33.8 Å². The second kappa shape index (κ2) is 9.82. The van der Waals surface area contributed by atoms with Gasteiger partial charge in [-0.25, -0.2) is 4.79 Å². The van der Waals surface area contributed by atoms with Gasteiger partial charge in [-0.2, -0.15) is 0 Å². The second-order valence-corrected chi connectivity index (χ2v) is 5.75. The van der Waals surface area contributed by atoms with E-state index in [9.17, 15) is 4.79 Å². The molecule has 1 unspecified atom stereocenters. The van der Waals surface area contributed by atoms with Gasteiger partial charge in [0.25, 0.3) is 0 Å². The summed E-state index contributed by atoms with van der Waals surface area (Å²) in [4.78, 5) is 11.3. The Morgan fingerprint density at radius 3 is 2.26 bits per heavy atom. The summed E-state index contributed by atoms with van der Waals surface area (Å²) in [7, 11) is 0. The van der Waals surface area contributed by atoms with Gasteiger partial charge in [-0.1, -0.05) is 45.3 Å². The molecule has 110 valence electrons. The standard InChI is InChI=1S/C17H30O2/c1-7-19-17(18)12-14(4)11-16(6)15(5)10-8-9-13(2)3/h11-13,15H,7-10H2,1-6H3. The van der Waals surface area contributed by atoms with E-state index in [-0.39, 0.29) is 5.97 Å². The van der Waals surface area contributed by atoms with Crippen molar-refractivity contribution < 1.29 is 9.53 Å². The lowest BCUT2D eigenvalue weighted by Gasteiger charge is -2.13. The number of allylic oxidation sites excluding steroid dienone is 3. The number of carbonyl (C=O) groups excluding carboxylic acids is 1. The summed E-state index contributed by atoms with van der Waals surface area (Å²) in [5, 5.41) is 0. The van der Waals surface area contributed by atoms with E-state index in [0.717, 1.165) is 11.5 Å². The predicted octanol–water partition coefficient (Wildman–Crippen LogP) is 4.90. The molecule has 0 spiro atoms. The van der Waals surface area contributed by atoms with Crippen LogP contribution in [0.4, 0.5) is 0 Å². The van der Waals surface area contributed by atoms with Crippen molar-refractivity contribution in [1.29, 1.82) is 0 Å². The van der Waals surface area contributed by atoms with Crippen LogP contribution in [0.25, 0.3) is 0 Å². The third kappa shape index (κ3) is 9.52. The predicted molar refractivity (Wildman–Crippen MR) is 82.0 cm³/mol. The number of ether oxygens (including phenoxy) is 1. The monoisotopic (exact) mass is 266 g/mol. The number of hydrogen-bond donors (Lipinski definition) is 0. The number of esters is 1. The Hall–Kier alpha value is -1.05. The molecule has 19 heavy (non-hydrogen) atoms. The molecule has 0 bridgehead atoms. The number of carbonyl (C=O) groups is 1. The Labute approximate surface area is 118 Å². The quantitative estimate of drug-likeness (QED) is 0.354. The molecule has 0 N–H and O–H groups in total. The van der Waals surface area contributed by atoms with Crippen LogP contribution >= 0.6 is 0 Å². The topological polar surface area (TPSA) is 26.3 Å². The molecule has 1 atom stereocenters. The first-order chi connectivity index (χ1) is 8.86. The first-order valence-corrected chi connectivity index (χ1v) is 7.40. The molecule has 0 aromatic carbocycles. The highest BCUT2D eigenvalue weighted by Crippen LogP contribution is 2.20. The smallest absolute Gasteiger partial charge is 0.330 e. The Balaban J connectivity index is 4.33. The van der Waals surface area contributed by atoms with Gasteiger partial charge >= 0.3 is 5.97 Å². The van der Waals surface area contributed by atoms with Crippen molar-refractivity contribution in [1.82, 2.24) is 0 Å². The molecule has 0 amide bonds. The summed E-state index contributed by atoms with van der Waals surface area (Å²) in [6, 6.07) is 0. The van der Waals surface area contributed by atoms with Crippen LogP contribution in [0.1, 0.15) is 60.8 Å². The average Bonchev–Trinajstić information content (AvgIpc) is 2.27. The highest BCUT2D eigenvalue weighted by atomic mass is 16.5. The maximum Gasteiger partial charge on any atom is 0.330 e. The fraction of sp³-hybridized carbons (Fsp3) is 0.706. The van der Waals surface area contributed by atoms with Gasteiger partial charge in [0.2, 0.25) is 0 Å². The van der Waals surface area contributed by atoms with Gasteiger partial charge in [0.15, 0.2) is 0 Å². The molecule has 0 aromatic heterocycles. The third-order valence-electron chi connectivity index (χ3n) is 3.28. The van der Waals surface area contributed by atoms with Gasteiger partial charge in [0.05, 0.1) is 6.61 Å². The molecule has 0 saturated carbocycles. The van der Waals surface area contributed by atoms with Gasteiger partial charge in [0.1, 0.15) is 0 Å². The van der Waals surface area contributed by atoms with Crippen LogP contribution < -0.4 is 0 Å². The van der Waals surface area contributed by atoms with Crippen molar-refractivity contribution in [2.24, 2.45) is 11.8 Å². The fourth-order valence-corrected chi connectivity index (χ4v) is 1.97. The highest BCUT2D eigenvalue weighted by molar-refractivity contribution is 5.83. The first kappa shape index (κ1) is 17.9. The van der Waals surface area contributed by atoms with Gasteiger partial charge in [0, 0.05) is 6.08 Å². The molecule has 0 radical (unpaired) electrons. The molecular weight excluding hydrogens is 236 g/mol. The molecular formula is C17H30O2. The van der Waals surface area contributed by atoms with E-state index in [0.29, 0.717) is 12.5 Å². The van der Waals surface area contributed by atoms with Gasteiger partial charge < -0.3 is 4.74 Å². The van der Waals surface area contributed by atoms with Gasteiger partial charge in [-0.05, 0) is 44.6 Å². The van der Waals surface area contributed by atoms with Gasteiger partial charge in [-0.15, -0.1) is 0 Å². The zero-order chi connectivity index (χ0) is 14.8. The normalized spacial score (nSPS) is 14.7. The molecule has 0 heterocycles. The molecule has 0 saturated heterocycles. The minimum Gasteiger partial charge on any atom is -0.463 e. The van der Waals surface area contributed by atoms with Crippen LogP contribution in [0.15, 0.2) is 23.3 Å². The SMILES string of the molecule is CCOC(=O)C=C(C)C=C(C)C(C)CCCC(C)C. The van der Waals surface area contributed by atoms with E-state index in [4.69, 9.17) is 4.74 Å². The van der Waals surface area contributed by atoms with Crippen LogP contribution in [-0.2, 0) is 9.53 Å². The molecule has 0 aromatic rings. The third-order valence-corrected chi connectivity index (χ3v) is 3.28. The molecule has 0 fully saturated rings. The Morgan fingerprint density at radius 2 is 1.74 bits per heavy atom. The van der Waals surface area contributed by atoms with Crippen LogP contribution in [-0.4, -0.2) is 12.6 Å². The maximum absolute atomic E-state index is 11.3. The molecule has 0 aliphatic heterocycles. The van der Waals surface area contributed by atoms with Crippen molar-refractivity contribution in [3.05, 3.63) is 23.3 Å². The van der Waals surface area contributed by atoms with Gasteiger partial charge in [-0.3, -0.25) is 0 Å².